The van der Waals surface area contributed by atoms with Gasteiger partial charge in [-0.1, -0.05) is 44.9 Å². The molecule has 1 aromatic heterocycles. The Balaban J connectivity index is 1.48. The number of fused-ring (bicyclic) bond motifs is 1. The molecule has 4 heteroatoms. The number of aromatic nitrogens is 1. The lowest BCUT2D eigenvalue weighted by Crippen LogP contribution is -2.49. The van der Waals surface area contributed by atoms with E-state index in [4.69, 9.17) is 4.98 Å². The van der Waals surface area contributed by atoms with Gasteiger partial charge in [-0.05, 0) is 92.2 Å². The quantitative estimate of drug-likeness (QED) is 0.475. The van der Waals surface area contributed by atoms with Crippen molar-refractivity contribution in [1.82, 2.24) is 15.4 Å². The van der Waals surface area contributed by atoms with E-state index in [1.54, 1.807) is 0 Å². The van der Waals surface area contributed by atoms with Gasteiger partial charge >= 0.3 is 0 Å². The maximum absolute atomic E-state index is 13.4. The first-order valence-electron chi connectivity index (χ1n) is 13.1. The van der Waals surface area contributed by atoms with E-state index in [0.29, 0.717) is 5.69 Å². The molecule has 6 rings (SSSR count). The highest BCUT2D eigenvalue weighted by atomic mass is 16.2. The standard InChI is InChI=1S/C28H39N3O/c1-3-5-11-31(12-6-4-2)30-27(32)26-16-24(23-9-7-8-10-25(23)29-26)28-17-20-13-21(18-28)15-22(14-20)19-28/h7-10,16,20-22H,3-6,11-15,17-19H2,1-2H3,(H,30,32). The van der Waals surface area contributed by atoms with Crippen LogP contribution < -0.4 is 5.43 Å². The third-order valence-corrected chi connectivity index (χ3v) is 8.38. The largest absolute Gasteiger partial charge is 0.284 e. The first-order chi connectivity index (χ1) is 15.6. The number of rotatable bonds is 9. The molecule has 1 heterocycles. The molecule has 0 atom stereocenters. The molecule has 1 N–H and O–H groups in total. The fraction of sp³-hybridized carbons (Fsp3) is 0.643. The summed E-state index contributed by atoms with van der Waals surface area (Å²) in [6.07, 6.45) is 12.6. The molecule has 4 aliphatic rings. The van der Waals surface area contributed by atoms with Crippen LogP contribution in [0.5, 0.6) is 0 Å². The summed E-state index contributed by atoms with van der Waals surface area (Å²) in [5.41, 5.74) is 6.41. The zero-order valence-corrected chi connectivity index (χ0v) is 19.9. The Morgan fingerprint density at radius 3 is 2.19 bits per heavy atom. The zero-order valence-electron chi connectivity index (χ0n) is 19.9. The van der Waals surface area contributed by atoms with Crippen LogP contribution in [0, 0.1) is 17.8 Å². The Hall–Kier alpha value is -1.94. The number of unbranched alkanes of at least 4 members (excludes halogenated alkanes) is 2. The number of para-hydroxylation sites is 1. The van der Waals surface area contributed by atoms with Crippen LogP contribution in [0.2, 0.25) is 0 Å². The monoisotopic (exact) mass is 433 g/mol. The normalized spacial score (nSPS) is 28.5. The van der Waals surface area contributed by atoms with Crippen LogP contribution >= 0.6 is 0 Å². The molecule has 4 aliphatic carbocycles. The lowest BCUT2D eigenvalue weighted by atomic mass is 9.48. The molecule has 0 saturated heterocycles. The summed E-state index contributed by atoms with van der Waals surface area (Å²) in [4.78, 5) is 18.2. The molecule has 0 aliphatic heterocycles. The van der Waals surface area contributed by atoms with E-state index in [1.165, 1.54) is 49.5 Å². The molecule has 2 aromatic rings. The van der Waals surface area contributed by atoms with Crippen LogP contribution in [-0.2, 0) is 5.41 Å². The third kappa shape index (κ3) is 4.19. The van der Waals surface area contributed by atoms with Crippen LogP contribution in [-0.4, -0.2) is 29.0 Å². The maximum Gasteiger partial charge on any atom is 0.284 e. The molecule has 1 amide bonds. The van der Waals surface area contributed by atoms with Crippen LogP contribution in [0.4, 0.5) is 0 Å². The molecule has 4 fully saturated rings. The first kappa shape index (κ1) is 21.9. The van der Waals surface area contributed by atoms with Gasteiger partial charge in [-0.25, -0.2) is 9.99 Å². The highest BCUT2D eigenvalue weighted by Crippen LogP contribution is 2.61. The van der Waals surface area contributed by atoms with Crippen molar-refractivity contribution in [2.24, 2.45) is 17.8 Å². The first-order valence-corrected chi connectivity index (χ1v) is 13.1. The van der Waals surface area contributed by atoms with Crippen molar-refractivity contribution in [2.45, 2.75) is 83.5 Å². The van der Waals surface area contributed by atoms with E-state index in [1.807, 2.05) is 0 Å². The highest BCUT2D eigenvalue weighted by Gasteiger charge is 2.52. The van der Waals surface area contributed by atoms with Gasteiger partial charge in [-0.2, -0.15) is 0 Å². The van der Waals surface area contributed by atoms with Crippen LogP contribution in [0.15, 0.2) is 30.3 Å². The molecule has 0 radical (unpaired) electrons. The molecule has 0 unspecified atom stereocenters. The van der Waals surface area contributed by atoms with Gasteiger partial charge in [-0.3, -0.25) is 10.2 Å². The fourth-order valence-corrected chi connectivity index (χ4v) is 7.29. The minimum Gasteiger partial charge on any atom is -0.283 e. The van der Waals surface area contributed by atoms with Crippen molar-refractivity contribution >= 4 is 16.8 Å². The Kier molecular flexibility index (Phi) is 6.24. The number of hydrogen-bond donors (Lipinski definition) is 1. The average molecular weight is 434 g/mol. The van der Waals surface area contributed by atoms with Gasteiger partial charge < -0.3 is 0 Å². The maximum atomic E-state index is 13.4. The van der Waals surface area contributed by atoms with Gasteiger partial charge in [0, 0.05) is 18.5 Å². The summed E-state index contributed by atoms with van der Waals surface area (Å²) in [5, 5.41) is 3.37. The number of hydrazine groups is 1. The number of nitrogens with one attached hydrogen (secondary N) is 1. The summed E-state index contributed by atoms with van der Waals surface area (Å²) < 4.78 is 0. The van der Waals surface area contributed by atoms with Crippen molar-refractivity contribution in [3.63, 3.8) is 0 Å². The summed E-state index contributed by atoms with van der Waals surface area (Å²) in [6, 6.07) is 10.7. The number of amides is 1. The number of carbonyl (C=O) groups excluding carboxylic acids is 1. The van der Waals surface area contributed by atoms with Gasteiger partial charge in [0.15, 0.2) is 0 Å². The van der Waals surface area contributed by atoms with Gasteiger partial charge in [0.1, 0.15) is 5.69 Å². The summed E-state index contributed by atoms with van der Waals surface area (Å²) in [6.45, 7) is 6.19. The molecule has 4 saturated carbocycles. The van der Waals surface area contributed by atoms with E-state index >= 15 is 0 Å². The van der Waals surface area contributed by atoms with E-state index in [0.717, 1.165) is 62.0 Å². The third-order valence-electron chi connectivity index (χ3n) is 8.38. The number of carbonyl (C=O) groups is 1. The predicted molar refractivity (Wildman–Crippen MR) is 130 cm³/mol. The summed E-state index contributed by atoms with van der Waals surface area (Å²) in [7, 11) is 0. The molecule has 32 heavy (non-hydrogen) atoms. The van der Waals surface area contributed by atoms with Gasteiger partial charge in [0.25, 0.3) is 5.91 Å². The number of pyridine rings is 1. The summed E-state index contributed by atoms with van der Waals surface area (Å²) in [5.74, 6) is 2.59. The lowest BCUT2D eigenvalue weighted by molar-refractivity contribution is -0.00454. The zero-order chi connectivity index (χ0) is 22.1. The van der Waals surface area contributed by atoms with Crippen molar-refractivity contribution < 1.29 is 4.79 Å². The number of benzene rings is 1. The molecule has 1 aromatic carbocycles. The Morgan fingerprint density at radius 1 is 1.00 bits per heavy atom. The van der Waals surface area contributed by atoms with E-state index in [2.05, 4.69) is 54.6 Å². The highest BCUT2D eigenvalue weighted by molar-refractivity contribution is 5.96. The van der Waals surface area contributed by atoms with Gasteiger partial charge in [0.05, 0.1) is 5.52 Å². The molecule has 0 spiro atoms. The van der Waals surface area contributed by atoms with Crippen LogP contribution in [0.25, 0.3) is 10.9 Å². The Bertz CT molecular complexity index is 925. The van der Waals surface area contributed by atoms with Gasteiger partial charge in [0.2, 0.25) is 0 Å². The predicted octanol–water partition coefficient (Wildman–Crippen LogP) is 6.25. The SMILES string of the molecule is CCCCN(CCCC)NC(=O)c1cc(C23CC4CC(CC(C4)C2)C3)c2ccccc2n1. The van der Waals surface area contributed by atoms with Crippen molar-refractivity contribution in [2.75, 3.05) is 13.1 Å². The number of nitrogens with zero attached hydrogens (tertiary/aromatic N) is 2. The minimum atomic E-state index is -0.0473. The average Bonchev–Trinajstić information content (AvgIpc) is 2.79. The molecular formula is C28H39N3O. The molecular weight excluding hydrogens is 394 g/mol. The van der Waals surface area contributed by atoms with E-state index < -0.39 is 0 Å². The molecule has 4 nitrogen and oxygen atoms in total. The van der Waals surface area contributed by atoms with Crippen LogP contribution in [0.1, 0.15) is 94.1 Å². The number of hydrogen-bond acceptors (Lipinski definition) is 3. The van der Waals surface area contributed by atoms with E-state index in [-0.39, 0.29) is 11.3 Å². The molecule has 4 bridgehead atoms. The smallest absolute Gasteiger partial charge is 0.283 e. The van der Waals surface area contributed by atoms with Crippen molar-refractivity contribution in [3.8, 4) is 0 Å². The molecule has 172 valence electrons. The van der Waals surface area contributed by atoms with Crippen molar-refractivity contribution in [1.29, 1.82) is 0 Å². The minimum absolute atomic E-state index is 0.0473. The topological polar surface area (TPSA) is 45.2 Å². The summed E-state index contributed by atoms with van der Waals surface area (Å²) >= 11 is 0. The van der Waals surface area contributed by atoms with Gasteiger partial charge in [-0.15, -0.1) is 0 Å². The second-order valence-corrected chi connectivity index (χ2v) is 10.9. The van der Waals surface area contributed by atoms with Crippen molar-refractivity contribution in [3.05, 3.63) is 41.6 Å². The second-order valence-electron chi connectivity index (χ2n) is 10.9. The second kappa shape index (κ2) is 9.13. The van der Waals surface area contributed by atoms with Crippen LogP contribution in [0.3, 0.4) is 0 Å². The fourth-order valence-electron chi connectivity index (χ4n) is 7.29. The van der Waals surface area contributed by atoms with E-state index in [9.17, 15) is 4.79 Å². The lowest BCUT2D eigenvalue weighted by Gasteiger charge is -2.57. The Morgan fingerprint density at radius 2 is 1.59 bits per heavy atom. The Labute approximate surface area is 193 Å².